The number of hydrogen-bond donors (Lipinski definition) is 7. The number of aromatic nitrogens is 1. The van der Waals surface area contributed by atoms with Crippen LogP contribution in [0.3, 0.4) is 0 Å². The predicted octanol–water partition coefficient (Wildman–Crippen LogP) is 7.44. The zero-order chi connectivity index (χ0) is 54.5. The molecule has 18 nitrogen and oxygen atoms in total. The number of nitrogens with zero attached hydrogens (tertiary/aromatic N) is 2. The summed E-state index contributed by atoms with van der Waals surface area (Å²) in [5.41, 5.74) is 1.92. The van der Waals surface area contributed by atoms with Crippen LogP contribution in [0.2, 0.25) is 0 Å². The fourth-order valence-corrected chi connectivity index (χ4v) is 15.1. The van der Waals surface area contributed by atoms with Crippen LogP contribution >= 0.6 is 0 Å². The first-order valence-electron chi connectivity index (χ1n) is 26.7. The van der Waals surface area contributed by atoms with Gasteiger partial charge in [-0.1, -0.05) is 51.1 Å². The van der Waals surface area contributed by atoms with Crippen LogP contribution in [0.4, 0.5) is 0 Å². The maximum absolute atomic E-state index is 14.2. The molecule has 406 valence electrons. The number of carbonyl (C=O) groups excluding carboxylic acids is 3. The van der Waals surface area contributed by atoms with Crippen LogP contribution in [0, 0.1) is 29.1 Å². The molecule has 7 N–H and O–H groups in total. The van der Waals surface area contributed by atoms with Gasteiger partial charge in [-0.15, -0.1) is 0 Å². The van der Waals surface area contributed by atoms with Gasteiger partial charge in [0.25, 0.3) is 0 Å². The van der Waals surface area contributed by atoms with Gasteiger partial charge in [0.05, 0.1) is 17.9 Å². The fourth-order valence-electron chi connectivity index (χ4n) is 15.1. The number of pyridine rings is 1. The Bertz CT molecular complexity index is 3210. The number of ketones is 2. The van der Waals surface area contributed by atoms with Crippen LogP contribution in [0.15, 0.2) is 108 Å². The number of phenols is 6. The third-order valence-electron chi connectivity index (χ3n) is 18.9. The molecule has 14 atom stereocenters. The summed E-state index contributed by atoms with van der Waals surface area (Å²) >= 11 is 0. The normalized spacial score (nSPS) is 35.9. The van der Waals surface area contributed by atoms with Crippen LogP contribution in [0.5, 0.6) is 46.0 Å². The van der Waals surface area contributed by atoms with E-state index in [4.69, 9.17) is 28.4 Å². The number of cyclic esters (lactones) is 1. The fraction of sp³-hybridized carbons (Fsp3) is 0.433. The quantitative estimate of drug-likeness (QED) is 0.0665. The van der Waals surface area contributed by atoms with Crippen LogP contribution in [-0.4, -0.2) is 125 Å². The number of carbonyl (C=O) groups is 3. The number of aromatic hydroxyl groups is 6. The van der Waals surface area contributed by atoms with E-state index in [9.17, 15) is 50.1 Å². The Morgan fingerprint density at radius 2 is 1.31 bits per heavy atom. The van der Waals surface area contributed by atoms with Crippen LogP contribution in [-0.2, 0) is 23.7 Å². The van der Waals surface area contributed by atoms with Crippen molar-refractivity contribution < 1.29 is 78.6 Å². The lowest BCUT2D eigenvalue weighted by atomic mass is 9.46. The van der Waals surface area contributed by atoms with Crippen LogP contribution < -0.4 is 9.47 Å². The zero-order valence-electron chi connectivity index (χ0n) is 43.2. The molecule has 0 bridgehead atoms. The van der Waals surface area contributed by atoms with E-state index in [-0.39, 0.29) is 87.2 Å². The molecule has 5 aromatic rings. The first-order chi connectivity index (χ1) is 37.3. The summed E-state index contributed by atoms with van der Waals surface area (Å²) in [7, 11) is 2.19. The highest BCUT2D eigenvalue weighted by Crippen LogP contribution is 2.83. The third-order valence-corrected chi connectivity index (χ3v) is 18.9. The minimum atomic E-state index is -1.33. The number of rotatable bonds is 5. The van der Waals surface area contributed by atoms with Crippen molar-refractivity contribution in [1.29, 1.82) is 0 Å². The highest BCUT2D eigenvalue weighted by Gasteiger charge is 3.00. The number of aliphatic hydroxyl groups excluding tert-OH is 1. The molecule has 2 spiro atoms. The summed E-state index contributed by atoms with van der Waals surface area (Å²) in [5, 5.41) is 72.5. The van der Waals surface area contributed by atoms with Gasteiger partial charge in [0, 0.05) is 53.7 Å². The number of aliphatic hydroxyl groups is 1. The van der Waals surface area contributed by atoms with Gasteiger partial charge in [-0.05, 0) is 110 Å². The van der Waals surface area contributed by atoms with Crippen molar-refractivity contribution in [2.24, 2.45) is 29.1 Å². The summed E-state index contributed by atoms with van der Waals surface area (Å²) in [4.78, 5) is 47.0. The topological polar surface area (TPSA) is 274 Å². The summed E-state index contributed by atoms with van der Waals surface area (Å²) in [6, 6.07) is 20.7. The maximum Gasteiger partial charge on any atom is 0.334 e. The molecule has 15 rings (SSSR count). The molecular weight excluding hydrogens is 1000 g/mol. The van der Waals surface area contributed by atoms with E-state index in [1.165, 1.54) is 85.6 Å². The number of esters is 1. The Morgan fingerprint density at radius 1 is 0.718 bits per heavy atom. The Morgan fingerprint density at radius 3 is 1.83 bits per heavy atom. The van der Waals surface area contributed by atoms with Crippen molar-refractivity contribution in [3.05, 3.63) is 136 Å². The molecule has 6 fully saturated rings. The van der Waals surface area contributed by atoms with Gasteiger partial charge in [0.15, 0.2) is 17.2 Å². The Balaban J connectivity index is 0.000000128. The molecule has 0 amide bonds. The van der Waals surface area contributed by atoms with Crippen molar-refractivity contribution in [3.63, 3.8) is 0 Å². The van der Waals surface area contributed by atoms with Gasteiger partial charge in [-0.2, -0.15) is 0 Å². The number of ether oxygens (including phenoxy) is 6. The number of epoxide rings is 3. The maximum atomic E-state index is 14.2. The first-order valence-corrected chi connectivity index (χ1v) is 26.7. The van der Waals surface area contributed by atoms with E-state index in [0.717, 1.165) is 42.5 Å². The largest absolute Gasteiger partial charge is 0.508 e. The molecule has 4 aromatic carbocycles. The Kier molecular flexibility index (Phi) is 11.4. The number of benzene rings is 4. The monoisotopic (exact) mass is 1060 g/mol. The zero-order valence-corrected chi connectivity index (χ0v) is 43.2. The summed E-state index contributed by atoms with van der Waals surface area (Å²) in [6.07, 6.45) is 5.81. The molecule has 10 aliphatic rings. The highest BCUT2D eigenvalue weighted by molar-refractivity contribution is 6.11. The minimum absolute atomic E-state index is 0.00808. The van der Waals surface area contributed by atoms with Crippen LogP contribution in [0.1, 0.15) is 109 Å². The molecule has 18 heteroatoms. The smallest absolute Gasteiger partial charge is 0.334 e. The number of Topliss-reactive ketones (excluding diaryl/α,β-unsaturated/α-hetero) is 2. The second kappa shape index (κ2) is 17.6. The standard InChI is InChI=1S/C30H22O10.C20H24O6.C10H14N2/c31-15-5-1-13(2-6-15)29-25(27(37)23-19(35)9-17(33)11-21(23)39-29)26-28(38)24-20(36)10-18(34)12-22(24)40-30(26)14-3-7-16(32)8-4-14;1-8(2)18-13(25-18)14-20(26-14)17(3)5-4-9-10(7-23-15(9)21)11(17)6-12-19(20,24-12)16(18)22;1-12-7-3-5-10(12)9-4-2-6-11-8-9/h1-12,25-26,29-36H;8,11-14,16,22H,4-7H2,1-3H3;2,4,6,8,10H,3,5,7H2,1H3/t;11-,12-,13-,14-,16+,17-,18-,19+,20+;10-/m.00/s1. The van der Waals surface area contributed by atoms with Crippen molar-refractivity contribution >= 4 is 17.5 Å². The first kappa shape index (κ1) is 50.3. The van der Waals surface area contributed by atoms with E-state index in [2.05, 4.69) is 43.8 Å². The lowest BCUT2D eigenvalue weighted by molar-refractivity contribution is -0.136. The van der Waals surface area contributed by atoms with Gasteiger partial charge in [0.1, 0.15) is 105 Å². The average Bonchev–Trinajstić information content (AvgIpc) is 1.96. The van der Waals surface area contributed by atoms with E-state index in [1.54, 1.807) is 0 Å². The summed E-state index contributed by atoms with van der Waals surface area (Å²) in [6.45, 7) is 8.13. The molecular formula is C60H60N2O16. The molecule has 78 heavy (non-hydrogen) atoms. The third kappa shape index (κ3) is 7.11. The summed E-state index contributed by atoms with van der Waals surface area (Å²) < 4.78 is 36.7. The molecule has 3 aliphatic carbocycles. The molecule has 1 aromatic heterocycles. The van der Waals surface area contributed by atoms with Gasteiger partial charge >= 0.3 is 5.97 Å². The van der Waals surface area contributed by atoms with Gasteiger partial charge in [-0.25, -0.2) is 4.79 Å². The average molecular weight is 1070 g/mol. The van der Waals surface area contributed by atoms with Gasteiger partial charge in [-0.3, -0.25) is 19.5 Å². The Labute approximate surface area is 448 Å². The number of phenolic OH excluding ortho intramolecular Hbond substituents is 6. The van der Waals surface area contributed by atoms with Crippen molar-refractivity contribution in [2.45, 2.75) is 112 Å². The lowest BCUT2D eigenvalue weighted by Gasteiger charge is -2.53. The van der Waals surface area contributed by atoms with Crippen molar-refractivity contribution in [3.8, 4) is 46.0 Å². The molecule has 0 radical (unpaired) electrons. The molecule has 4 unspecified atom stereocenters. The molecule has 2 saturated carbocycles. The van der Waals surface area contributed by atoms with E-state index >= 15 is 0 Å². The number of hydrogen-bond acceptors (Lipinski definition) is 18. The van der Waals surface area contributed by atoms with E-state index in [1.807, 2.05) is 18.5 Å². The van der Waals surface area contributed by atoms with Gasteiger partial charge in [0.2, 0.25) is 0 Å². The second-order valence-electron chi connectivity index (χ2n) is 23.0. The number of fused-ring (bicyclic) bond motifs is 6. The molecule has 4 saturated heterocycles. The van der Waals surface area contributed by atoms with Gasteiger partial charge < -0.3 is 64.2 Å². The van der Waals surface area contributed by atoms with Crippen LogP contribution in [0.25, 0.3) is 0 Å². The molecule has 7 aliphatic heterocycles. The van der Waals surface area contributed by atoms with E-state index in [0.29, 0.717) is 23.8 Å². The van der Waals surface area contributed by atoms with Crippen molar-refractivity contribution in [1.82, 2.24) is 9.88 Å². The summed E-state index contributed by atoms with van der Waals surface area (Å²) in [5.74, 6) is -5.80. The lowest BCUT2D eigenvalue weighted by Crippen LogP contribution is -2.69. The highest BCUT2D eigenvalue weighted by atomic mass is 16.7. The minimum Gasteiger partial charge on any atom is -0.508 e. The number of likely N-dealkylation sites (tertiary alicyclic amines) is 1. The Hall–Kier alpha value is -7.22. The predicted molar refractivity (Wildman–Crippen MR) is 274 cm³/mol. The molecule has 8 heterocycles. The second-order valence-corrected chi connectivity index (χ2v) is 23.0. The van der Waals surface area contributed by atoms with Crippen molar-refractivity contribution in [2.75, 3.05) is 20.2 Å². The van der Waals surface area contributed by atoms with E-state index < -0.39 is 70.0 Å². The SMILES string of the molecule is CC(C)[C@]12O[C@H]1[C@@H]1O[C@]13[C@]1(O[C@H]1C[C@H]1C4=C(CC[C@@]13C)C(=O)OC4)[C@@H]2O.CN1CCC[C@H]1c1cccnc1.O=C1c2c(O)cc(O)cc2OC(c2ccc(O)cc2)C1C1C(=O)c2c(O)cc(O)cc2OC1c1ccc(O)cc1.